The molecule has 0 radical (unpaired) electrons. The summed E-state index contributed by atoms with van der Waals surface area (Å²) < 4.78 is 0. The number of aromatic nitrogens is 1. The van der Waals surface area contributed by atoms with Gasteiger partial charge in [-0.25, -0.2) is 4.79 Å². The van der Waals surface area contributed by atoms with Crippen LogP contribution in [0.25, 0.3) is 10.9 Å². The minimum absolute atomic E-state index is 0.246. The van der Waals surface area contributed by atoms with Gasteiger partial charge in [0, 0.05) is 18.1 Å². The number of nitrogens with zero attached hydrogens (tertiary/aromatic N) is 1. The van der Waals surface area contributed by atoms with E-state index in [0.717, 1.165) is 17.4 Å². The zero-order chi connectivity index (χ0) is 14.9. The first-order chi connectivity index (χ1) is 10.1. The van der Waals surface area contributed by atoms with E-state index in [1.54, 1.807) is 0 Å². The van der Waals surface area contributed by atoms with Crippen molar-refractivity contribution in [2.45, 2.75) is 32.6 Å². The van der Waals surface area contributed by atoms with Gasteiger partial charge in [-0.3, -0.25) is 4.98 Å². The van der Waals surface area contributed by atoms with E-state index in [-0.39, 0.29) is 11.0 Å². The molecule has 0 spiro atoms. The zero-order valence-corrected chi connectivity index (χ0v) is 12.2. The maximum Gasteiger partial charge on any atom is 0.339 e. The summed E-state index contributed by atoms with van der Waals surface area (Å²) in [6.45, 7) is 3.08. The van der Waals surface area contributed by atoms with Crippen LogP contribution >= 0.6 is 0 Å². The zero-order valence-electron chi connectivity index (χ0n) is 12.2. The molecule has 4 nitrogen and oxygen atoms in total. The summed E-state index contributed by atoms with van der Waals surface area (Å²) in [5.41, 5.74) is 2.03. The highest BCUT2D eigenvalue weighted by Crippen LogP contribution is 2.38. The van der Waals surface area contributed by atoms with E-state index in [9.17, 15) is 9.90 Å². The van der Waals surface area contributed by atoms with E-state index in [2.05, 4.69) is 17.2 Å². The fraction of sp³-hybridized carbons (Fsp3) is 0.412. The highest BCUT2D eigenvalue weighted by atomic mass is 16.4. The van der Waals surface area contributed by atoms with Crippen molar-refractivity contribution >= 4 is 22.6 Å². The Kier molecular flexibility index (Phi) is 3.53. The Balaban J connectivity index is 1.98. The van der Waals surface area contributed by atoms with Gasteiger partial charge < -0.3 is 10.4 Å². The number of anilines is 1. The Morgan fingerprint density at radius 1 is 1.33 bits per heavy atom. The van der Waals surface area contributed by atoms with Gasteiger partial charge in [0.1, 0.15) is 5.56 Å². The largest absolute Gasteiger partial charge is 0.478 e. The number of rotatable bonds is 4. The standard InChI is InChI=1S/C17H20N2O2/c1-17(8-4-5-9-17)11-19-15-12-6-2-3-7-14(12)18-10-13(15)16(20)21/h2-3,6-7,10H,4-5,8-9,11H2,1H3,(H,18,19)(H,20,21). The van der Waals surface area contributed by atoms with Crippen LogP contribution in [0.1, 0.15) is 43.0 Å². The van der Waals surface area contributed by atoms with Gasteiger partial charge in [0.25, 0.3) is 0 Å². The van der Waals surface area contributed by atoms with Crippen LogP contribution in [0.2, 0.25) is 0 Å². The average molecular weight is 284 g/mol. The number of carbonyl (C=O) groups is 1. The van der Waals surface area contributed by atoms with E-state index >= 15 is 0 Å². The molecular weight excluding hydrogens is 264 g/mol. The second-order valence-electron chi connectivity index (χ2n) is 6.24. The number of pyridine rings is 1. The number of para-hydroxylation sites is 1. The molecule has 0 aliphatic heterocycles. The Morgan fingerprint density at radius 2 is 2.05 bits per heavy atom. The van der Waals surface area contributed by atoms with Gasteiger partial charge in [-0.15, -0.1) is 0 Å². The van der Waals surface area contributed by atoms with E-state index in [1.807, 2.05) is 24.3 Å². The first-order valence-electron chi connectivity index (χ1n) is 7.44. The number of benzene rings is 1. The van der Waals surface area contributed by atoms with Crippen LogP contribution in [0, 0.1) is 5.41 Å². The number of fused-ring (bicyclic) bond motifs is 1. The number of hydrogen-bond acceptors (Lipinski definition) is 3. The third kappa shape index (κ3) is 2.71. The molecule has 0 bridgehead atoms. The molecule has 21 heavy (non-hydrogen) atoms. The third-order valence-corrected chi connectivity index (χ3v) is 4.51. The quantitative estimate of drug-likeness (QED) is 0.893. The monoisotopic (exact) mass is 284 g/mol. The van der Waals surface area contributed by atoms with Crippen molar-refractivity contribution in [3.05, 3.63) is 36.0 Å². The summed E-state index contributed by atoms with van der Waals surface area (Å²) in [6.07, 6.45) is 6.38. The minimum atomic E-state index is -0.938. The molecule has 1 aromatic carbocycles. The minimum Gasteiger partial charge on any atom is -0.478 e. The Labute approximate surface area is 124 Å². The third-order valence-electron chi connectivity index (χ3n) is 4.51. The lowest BCUT2D eigenvalue weighted by molar-refractivity contribution is 0.0697. The molecule has 0 atom stereocenters. The van der Waals surface area contributed by atoms with Crippen molar-refractivity contribution in [1.29, 1.82) is 0 Å². The van der Waals surface area contributed by atoms with Gasteiger partial charge in [-0.1, -0.05) is 38.0 Å². The highest BCUT2D eigenvalue weighted by Gasteiger charge is 2.29. The molecule has 2 aromatic rings. The molecular formula is C17H20N2O2. The number of nitrogens with one attached hydrogen (secondary N) is 1. The molecule has 1 aromatic heterocycles. The van der Waals surface area contributed by atoms with Crippen molar-refractivity contribution in [1.82, 2.24) is 4.98 Å². The summed E-state index contributed by atoms with van der Waals surface area (Å²) in [5, 5.41) is 13.7. The SMILES string of the molecule is CC1(CNc2c(C(=O)O)cnc3ccccc23)CCCC1. The molecule has 110 valence electrons. The van der Waals surface area contributed by atoms with Crippen LogP contribution in [0.4, 0.5) is 5.69 Å². The van der Waals surface area contributed by atoms with Gasteiger partial charge in [0.15, 0.2) is 0 Å². The van der Waals surface area contributed by atoms with Crippen molar-refractivity contribution in [2.75, 3.05) is 11.9 Å². The Hall–Kier alpha value is -2.10. The molecule has 2 N–H and O–H groups in total. The van der Waals surface area contributed by atoms with E-state index < -0.39 is 5.97 Å². The topological polar surface area (TPSA) is 62.2 Å². The van der Waals surface area contributed by atoms with Crippen molar-refractivity contribution in [2.24, 2.45) is 5.41 Å². The Morgan fingerprint density at radius 3 is 2.76 bits per heavy atom. The second kappa shape index (κ2) is 5.35. The lowest BCUT2D eigenvalue weighted by Gasteiger charge is -2.25. The average Bonchev–Trinajstić information content (AvgIpc) is 2.91. The van der Waals surface area contributed by atoms with Crippen molar-refractivity contribution in [3.63, 3.8) is 0 Å². The van der Waals surface area contributed by atoms with Crippen LogP contribution < -0.4 is 5.32 Å². The Bertz CT molecular complexity index is 676. The van der Waals surface area contributed by atoms with Crippen LogP contribution in [-0.4, -0.2) is 22.6 Å². The van der Waals surface area contributed by atoms with Crippen LogP contribution in [0.3, 0.4) is 0 Å². The molecule has 3 rings (SSSR count). The summed E-state index contributed by atoms with van der Waals surface area (Å²) >= 11 is 0. The highest BCUT2D eigenvalue weighted by molar-refractivity contribution is 6.04. The van der Waals surface area contributed by atoms with Crippen molar-refractivity contribution < 1.29 is 9.90 Å². The molecule has 1 aliphatic rings. The van der Waals surface area contributed by atoms with E-state index in [0.29, 0.717) is 5.69 Å². The molecule has 1 aliphatic carbocycles. The fourth-order valence-corrected chi connectivity index (χ4v) is 3.20. The number of hydrogen-bond donors (Lipinski definition) is 2. The van der Waals surface area contributed by atoms with E-state index in [4.69, 9.17) is 0 Å². The van der Waals surface area contributed by atoms with Gasteiger partial charge in [0.2, 0.25) is 0 Å². The predicted molar refractivity (Wildman–Crippen MR) is 83.8 cm³/mol. The number of carboxylic acids is 1. The predicted octanol–water partition coefficient (Wildman–Crippen LogP) is 3.93. The first kappa shape index (κ1) is 13.9. The maximum absolute atomic E-state index is 11.5. The molecule has 0 saturated heterocycles. The van der Waals surface area contributed by atoms with Crippen molar-refractivity contribution in [3.8, 4) is 0 Å². The smallest absolute Gasteiger partial charge is 0.339 e. The normalized spacial score (nSPS) is 17.0. The molecule has 4 heteroatoms. The van der Waals surface area contributed by atoms with Crippen LogP contribution in [0.5, 0.6) is 0 Å². The summed E-state index contributed by atoms with van der Waals surface area (Å²) in [5.74, 6) is -0.938. The van der Waals surface area contributed by atoms with Gasteiger partial charge >= 0.3 is 5.97 Å². The van der Waals surface area contributed by atoms with E-state index in [1.165, 1.54) is 31.9 Å². The maximum atomic E-state index is 11.5. The van der Waals surface area contributed by atoms with Crippen LogP contribution in [0.15, 0.2) is 30.5 Å². The fourth-order valence-electron chi connectivity index (χ4n) is 3.20. The lowest BCUT2D eigenvalue weighted by Crippen LogP contribution is -2.24. The number of carboxylic acid groups (broad SMARTS) is 1. The molecule has 0 amide bonds. The summed E-state index contributed by atoms with van der Waals surface area (Å²) in [6, 6.07) is 7.66. The summed E-state index contributed by atoms with van der Waals surface area (Å²) in [7, 11) is 0. The van der Waals surface area contributed by atoms with Gasteiger partial charge in [0.05, 0.1) is 11.2 Å². The van der Waals surface area contributed by atoms with Gasteiger partial charge in [-0.05, 0) is 24.3 Å². The first-order valence-corrected chi connectivity index (χ1v) is 7.44. The molecule has 1 fully saturated rings. The second-order valence-corrected chi connectivity index (χ2v) is 6.24. The van der Waals surface area contributed by atoms with Crippen LogP contribution in [-0.2, 0) is 0 Å². The molecule has 0 unspecified atom stereocenters. The summed E-state index contributed by atoms with van der Waals surface area (Å²) in [4.78, 5) is 15.7. The van der Waals surface area contributed by atoms with Gasteiger partial charge in [-0.2, -0.15) is 0 Å². The number of aromatic carboxylic acids is 1. The molecule has 1 heterocycles. The molecule has 1 saturated carbocycles. The lowest BCUT2D eigenvalue weighted by atomic mass is 9.88.